The first-order valence-electron chi connectivity index (χ1n) is 9.93. The van der Waals surface area contributed by atoms with Gasteiger partial charge in [0, 0.05) is 13.2 Å². The first kappa shape index (κ1) is 22.4. The van der Waals surface area contributed by atoms with Gasteiger partial charge in [-0.1, -0.05) is 18.5 Å². The lowest BCUT2D eigenvalue weighted by atomic mass is 10.2. The van der Waals surface area contributed by atoms with E-state index in [-0.39, 0.29) is 15.6 Å². The van der Waals surface area contributed by atoms with E-state index in [0.29, 0.717) is 30.1 Å². The topological polar surface area (TPSA) is 121 Å². The zero-order valence-electron chi connectivity index (χ0n) is 17.9. The molecule has 0 radical (unpaired) electrons. The Morgan fingerprint density at radius 1 is 1.31 bits per heavy atom. The lowest BCUT2D eigenvalue weighted by Gasteiger charge is -2.09. The van der Waals surface area contributed by atoms with Gasteiger partial charge < -0.3 is 4.74 Å². The van der Waals surface area contributed by atoms with Gasteiger partial charge in [0.05, 0.1) is 36.4 Å². The first-order valence-corrected chi connectivity index (χ1v) is 11.8. The summed E-state index contributed by atoms with van der Waals surface area (Å²) in [5.74, 6) is -0.502. The zero-order chi connectivity index (χ0) is 23.1. The second kappa shape index (κ2) is 8.30. The summed E-state index contributed by atoms with van der Waals surface area (Å²) in [6.07, 6.45) is 5.27. The van der Waals surface area contributed by atoms with E-state index in [9.17, 15) is 13.2 Å². The predicted molar refractivity (Wildman–Crippen MR) is 116 cm³/mol. The molecule has 4 rings (SSSR count). The van der Waals surface area contributed by atoms with E-state index in [1.165, 1.54) is 40.5 Å². The molecule has 10 nitrogen and oxygen atoms in total. The third-order valence-corrected chi connectivity index (χ3v) is 7.19. The minimum Gasteiger partial charge on any atom is -0.375 e. The zero-order valence-corrected chi connectivity index (χ0v) is 19.4. The molecular weight excluding hydrogens is 456 g/mol. The van der Waals surface area contributed by atoms with E-state index >= 15 is 0 Å². The molecule has 32 heavy (non-hydrogen) atoms. The average Bonchev–Trinajstić information content (AvgIpc) is 3.11. The van der Waals surface area contributed by atoms with Crippen LogP contribution in [0.3, 0.4) is 0 Å². The van der Waals surface area contributed by atoms with Crippen LogP contribution in [0.4, 0.5) is 0 Å². The monoisotopic (exact) mass is 478 g/mol. The highest BCUT2D eigenvalue weighted by Gasteiger charge is 2.37. The molecule has 1 aliphatic rings. The number of halogens is 1. The maximum absolute atomic E-state index is 12.5. The van der Waals surface area contributed by atoms with Gasteiger partial charge in [0.25, 0.3) is 15.9 Å². The molecule has 0 aliphatic heterocycles. The fourth-order valence-corrected chi connectivity index (χ4v) is 4.43. The number of carbonyl (C=O) groups is 1. The summed E-state index contributed by atoms with van der Waals surface area (Å²) in [6.45, 7) is 4.88. The van der Waals surface area contributed by atoms with E-state index in [2.05, 4.69) is 22.1 Å². The molecule has 3 aromatic rings. The van der Waals surface area contributed by atoms with E-state index in [4.69, 9.17) is 16.3 Å². The quantitative estimate of drug-likeness (QED) is 0.493. The van der Waals surface area contributed by atoms with Crippen LogP contribution in [0, 0.1) is 12.3 Å². The van der Waals surface area contributed by atoms with Crippen LogP contribution in [0.2, 0.25) is 5.15 Å². The Kier molecular flexibility index (Phi) is 5.82. The third-order valence-electron chi connectivity index (χ3n) is 5.47. The Morgan fingerprint density at radius 2 is 2.06 bits per heavy atom. The minimum atomic E-state index is -4.11. The molecule has 1 fully saturated rings. The largest absolute Gasteiger partial charge is 0.375 e. The van der Waals surface area contributed by atoms with Crippen molar-refractivity contribution in [3.63, 3.8) is 0 Å². The highest BCUT2D eigenvalue weighted by Crippen LogP contribution is 2.45. The number of hydrogen-bond donors (Lipinski definition) is 1. The third kappa shape index (κ3) is 4.69. The van der Waals surface area contributed by atoms with Crippen molar-refractivity contribution in [1.82, 2.24) is 29.3 Å². The summed E-state index contributed by atoms with van der Waals surface area (Å²) in [7, 11) is -2.50. The normalized spacial score (nSPS) is 15.0. The van der Waals surface area contributed by atoms with Gasteiger partial charge in [0.2, 0.25) is 0 Å². The van der Waals surface area contributed by atoms with Gasteiger partial charge in [-0.3, -0.25) is 9.48 Å². The Balaban J connectivity index is 1.45. The number of amides is 1. The smallest absolute Gasteiger partial charge is 0.268 e. The molecule has 170 valence electrons. The lowest BCUT2D eigenvalue weighted by Crippen LogP contribution is -2.31. The summed E-state index contributed by atoms with van der Waals surface area (Å²) < 4.78 is 35.7. The van der Waals surface area contributed by atoms with Crippen molar-refractivity contribution >= 4 is 27.5 Å². The molecule has 1 N–H and O–H groups in total. The highest BCUT2D eigenvalue weighted by atomic mass is 35.5. The van der Waals surface area contributed by atoms with E-state index in [1.54, 1.807) is 20.2 Å². The van der Waals surface area contributed by atoms with Crippen molar-refractivity contribution < 1.29 is 17.9 Å². The van der Waals surface area contributed by atoms with Gasteiger partial charge in [0.1, 0.15) is 10.0 Å². The second-order valence-electron chi connectivity index (χ2n) is 8.22. The van der Waals surface area contributed by atoms with Crippen LogP contribution in [0.1, 0.15) is 41.5 Å². The van der Waals surface area contributed by atoms with Gasteiger partial charge in [-0.05, 0) is 43.4 Å². The number of sulfonamides is 1. The standard InChI is InChI=1S/C20H23ClN6O4S/c1-13-16(10-22-26(13)3)32(29,30)25-19(28)15-4-5-17(23-18(15)21)27-9-6-14(24-27)11-31-12-20(2)7-8-20/h4-6,9-10H,7-8,11-12H2,1-3H3,(H,25,28). The number of pyridine rings is 1. The maximum Gasteiger partial charge on any atom is 0.268 e. The Hall–Kier alpha value is -2.76. The number of ether oxygens (including phenoxy) is 1. The number of nitrogens with zero attached hydrogens (tertiary/aromatic N) is 5. The average molecular weight is 479 g/mol. The van der Waals surface area contributed by atoms with Gasteiger partial charge in [0.15, 0.2) is 5.82 Å². The first-order chi connectivity index (χ1) is 15.1. The molecule has 0 aromatic carbocycles. The molecule has 0 spiro atoms. The molecule has 0 saturated heterocycles. The molecular formula is C20H23ClN6O4S. The molecule has 1 amide bonds. The second-order valence-corrected chi connectivity index (χ2v) is 10.2. The number of nitrogens with one attached hydrogen (secondary N) is 1. The van der Waals surface area contributed by atoms with Crippen LogP contribution in [0.5, 0.6) is 0 Å². The number of rotatable bonds is 8. The lowest BCUT2D eigenvalue weighted by molar-refractivity contribution is 0.0819. The van der Waals surface area contributed by atoms with Gasteiger partial charge in [-0.2, -0.15) is 10.2 Å². The number of hydrogen-bond acceptors (Lipinski definition) is 7. The van der Waals surface area contributed by atoms with Gasteiger partial charge in [-0.25, -0.2) is 22.8 Å². The molecule has 0 unspecified atom stereocenters. The van der Waals surface area contributed by atoms with Crippen molar-refractivity contribution in [3.8, 4) is 5.82 Å². The summed E-state index contributed by atoms with van der Waals surface area (Å²) in [5, 5.41) is 8.16. The van der Waals surface area contributed by atoms with Crippen LogP contribution < -0.4 is 4.72 Å². The molecule has 3 heterocycles. The Morgan fingerprint density at radius 3 is 2.69 bits per heavy atom. The summed E-state index contributed by atoms with van der Waals surface area (Å²) in [4.78, 5) is 16.6. The molecule has 0 atom stereocenters. The highest BCUT2D eigenvalue weighted by molar-refractivity contribution is 7.90. The summed E-state index contributed by atoms with van der Waals surface area (Å²) in [6, 6.07) is 4.75. The molecule has 1 saturated carbocycles. The van der Waals surface area contributed by atoms with Crippen LogP contribution in [0.15, 0.2) is 35.5 Å². The summed E-state index contributed by atoms with van der Waals surface area (Å²) in [5.41, 5.74) is 1.37. The van der Waals surface area contributed by atoms with E-state index in [1.807, 2.05) is 10.8 Å². The number of aromatic nitrogens is 5. The van der Waals surface area contributed by atoms with Gasteiger partial charge in [-0.15, -0.1) is 0 Å². The van der Waals surface area contributed by atoms with Crippen molar-refractivity contribution in [3.05, 3.63) is 52.7 Å². The summed E-state index contributed by atoms with van der Waals surface area (Å²) >= 11 is 6.18. The van der Waals surface area contributed by atoms with Crippen molar-refractivity contribution in [1.29, 1.82) is 0 Å². The number of aryl methyl sites for hydroxylation is 1. The predicted octanol–water partition coefficient (Wildman–Crippen LogP) is 2.40. The van der Waals surface area contributed by atoms with E-state index < -0.39 is 15.9 Å². The fourth-order valence-electron chi connectivity index (χ4n) is 3.02. The van der Waals surface area contributed by atoms with Crippen LogP contribution in [0.25, 0.3) is 5.82 Å². The SMILES string of the molecule is Cc1c(S(=O)(=O)NC(=O)c2ccc(-n3ccc(COCC4(C)CC4)n3)nc2Cl)cnn1C. The molecule has 1 aliphatic carbocycles. The maximum atomic E-state index is 12.5. The van der Waals surface area contributed by atoms with E-state index in [0.717, 1.165) is 5.69 Å². The number of carbonyl (C=O) groups excluding carboxylic acids is 1. The van der Waals surface area contributed by atoms with Crippen molar-refractivity contribution in [2.75, 3.05) is 6.61 Å². The molecule has 3 aromatic heterocycles. The fraction of sp³-hybridized carbons (Fsp3) is 0.400. The van der Waals surface area contributed by atoms with Crippen LogP contribution in [-0.4, -0.2) is 45.5 Å². The van der Waals surface area contributed by atoms with Crippen molar-refractivity contribution in [2.24, 2.45) is 12.5 Å². The Labute approximate surface area is 190 Å². The Bertz CT molecular complexity index is 1280. The van der Waals surface area contributed by atoms with Crippen LogP contribution >= 0.6 is 11.6 Å². The minimum absolute atomic E-state index is 0.0751. The van der Waals surface area contributed by atoms with Gasteiger partial charge >= 0.3 is 0 Å². The molecule has 0 bridgehead atoms. The molecule has 12 heteroatoms. The van der Waals surface area contributed by atoms with Crippen LogP contribution in [-0.2, 0) is 28.4 Å². The van der Waals surface area contributed by atoms with Crippen molar-refractivity contribution in [2.45, 2.75) is 38.2 Å².